The molecule has 2 aliphatic heterocycles. The number of carbonyl (C=O) groups excluding carboxylic acids is 2. The van der Waals surface area contributed by atoms with Crippen molar-refractivity contribution in [1.82, 2.24) is 19.9 Å². The summed E-state index contributed by atoms with van der Waals surface area (Å²) in [6.45, 7) is 10.4. The third-order valence-electron chi connectivity index (χ3n) is 8.50. The number of hydrogen-bond donors (Lipinski definition) is 1. The van der Waals surface area contributed by atoms with E-state index in [1.54, 1.807) is 4.90 Å². The molecule has 3 heterocycles. The summed E-state index contributed by atoms with van der Waals surface area (Å²) in [4.78, 5) is 43.6. The van der Waals surface area contributed by atoms with E-state index in [1.807, 2.05) is 32.6 Å². The molecule has 2 aliphatic carbocycles. The molecule has 2 saturated heterocycles. The van der Waals surface area contributed by atoms with E-state index >= 15 is 0 Å². The summed E-state index contributed by atoms with van der Waals surface area (Å²) < 4.78 is 18.0. The van der Waals surface area contributed by atoms with Gasteiger partial charge in [0, 0.05) is 43.4 Å². The number of anilines is 1. The molecule has 2 spiro atoms. The zero-order chi connectivity index (χ0) is 27.8. The molecule has 0 radical (unpaired) electrons. The molecule has 1 aromatic heterocycles. The largest absolute Gasteiger partial charge is 0.444 e. The summed E-state index contributed by atoms with van der Waals surface area (Å²) in [6.07, 6.45) is 7.72. The smallest absolute Gasteiger partial charge is 0.410 e. The van der Waals surface area contributed by atoms with Gasteiger partial charge in [-0.15, -0.1) is 0 Å². The first-order valence-electron chi connectivity index (χ1n) is 14.3. The van der Waals surface area contributed by atoms with Crippen LogP contribution in [-0.4, -0.2) is 82.0 Å². The number of Topliss-reactive ketones (excluding diaryl/α,β-unsaturated/α-hetero) is 1. The topological polar surface area (TPSA) is 133 Å². The number of allylic oxidation sites excluding steroid dienone is 1. The van der Waals surface area contributed by atoms with Crippen molar-refractivity contribution in [2.45, 2.75) is 96.5 Å². The Morgan fingerprint density at radius 1 is 1.05 bits per heavy atom. The molecule has 3 fully saturated rings. The van der Waals surface area contributed by atoms with Crippen LogP contribution in [0.3, 0.4) is 0 Å². The summed E-state index contributed by atoms with van der Waals surface area (Å²) in [6, 6.07) is -0.0774. The van der Waals surface area contributed by atoms with Crippen LogP contribution in [0.1, 0.15) is 89.7 Å². The molecule has 214 valence electrons. The Hall–Kier alpha value is -2.79. The van der Waals surface area contributed by atoms with Crippen LogP contribution < -0.4 is 10.6 Å². The van der Waals surface area contributed by atoms with Gasteiger partial charge >= 0.3 is 6.09 Å². The number of carbonyl (C=O) groups is 2. The van der Waals surface area contributed by atoms with Gasteiger partial charge in [0.05, 0.1) is 18.6 Å². The van der Waals surface area contributed by atoms with Crippen molar-refractivity contribution >= 4 is 17.8 Å². The van der Waals surface area contributed by atoms with E-state index in [0.29, 0.717) is 56.5 Å². The van der Waals surface area contributed by atoms with Crippen LogP contribution in [-0.2, 0) is 14.2 Å². The third kappa shape index (κ3) is 5.23. The van der Waals surface area contributed by atoms with Gasteiger partial charge in [0.2, 0.25) is 17.6 Å². The number of ketones is 1. The lowest BCUT2D eigenvalue weighted by Gasteiger charge is -2.52. The van der Waals surface area contributed by atoms with Gasteiger partial charge in [0.25, 0.3) is 0 Å². The van der Waals surface area contributed by atoms with E-state index in [0.717, 1.165) is 44.9 Å². The van der Waals surface area contributed by atoms with Crippen molar-refractivity contribution < 1.29 is 23.8 Å². The second-order valence-corrected chi connectivity index (χ2v) is 12.2. The maximum Gasteiger partial charge on any atom is 0.410 e. The van der Waals surface area contributed by atoms with Crippen molar-refractivity contribution in [3.8, 4) is 0 Å². The van der Waals surface area contributed by atoms with E-state index in [4.69, 9.17) is 19.9 Å². The highest BCUT2D eigenvalue weighted by Gasteiger charge is 2.59. The molecular formula is C28H42N6O5. The molecular weight excluding hydrogens is 500 g/mol. The molecule has 11 nitrogen and oxygen atoms in total. The molecule has 0 unspecified atom stereocenters. The fraction of sp³-hybridized carbons (Fsp3) is 0.750. The summed E-state index contributed by atoms with van der Waals surface area (Å²) in [5, 5.41) is 0. The van der Waals surface area contributed by atoms with E-state index in [2.05, 4.69) is 15.0 Å². The van der Waals surface area contributed by atoms with Crippen molar-refractivity contribution in [2.24, 2.45) is 11.1 Å². The highest BCUT2D eigenvalue weighted by atomic mass is 16.7. The van der Waals surface area contributed by atoms with Gasteiger partial charge in [-0.2, -0.15) is 4.98 Å². The zero-order valence-corrected chi connectivity index (χ0v) is 23.7. The summed E-state index contributed by atoms with van der Waals surface area (Å²) >= 11 is 0. The number of fused-ring (bicyclic) bond motifs is 1. The SMILES string of the molecule is C[C@H]1CN(C(=O)OC(C)(C)C)CCCN1c1ncnc(C(=O)C2=C(N)[C@]3(CCCCC34OCCO4)CCC2)n1. The minimum atomic E-state index is -0.743. The monoisotopic (exact) mass is 542 g/mol. The van der Waals surface area contributed by atoms with Crippen molar-refractivity contribution in [3.63, 3.8) is 0 Å². The maximum absolute atomic E-state index is 13.8. The zero-order valence-electron chi connectivity index (χ0n) is 23.7. The number of hydrogen-bond acceptors (Lipinski definition) is 10. The molecule has 1 amide bonds. The van der Waals surface area contributed by atoms with Crippen molar-refractivity contribution in [1.29, 1.82) is 0 Å². The molecule has 39 heavy (non-hydrogen) atoms. The van der Waals surface area contributed by atoms with E-state index in [1.165, 1.54) is 6.33 Å². The molecule has 4 aliphatic rings. The van der Waals surface area contributed by atoms with Gasteiger partial charge < -0.3 is 29.7 Å². The Kier molecular flexibility index (Phi) is 7.58. The fourth-order valence-corrected chi connectivity index (χ4v) is 6.73. The van der Waals surface area contributed by atoms with Crippen LogP contribution >= 0.6 is 0 Å². The Bertz CT molecular complexity index is 1130. The minimum absolute atomic E-state index is 0.0774. The quantitative estimate of drug-likeness (QED) is 0.565. The highest BCUT2D eigenvalue weighted by molar-refractivity contribution is 6.07. The lowest BCUT2D eigenvalue weighted by atomic mass is 9.61. The van der Waals surface area contributed by atoms with Crippen LogP contribution in [0.5, 0.6) is 0 Å². The van der Waals surface area contributed by atoms with Gasteiger partial charge in [0.1, 0.15) is 11.9 Å². The maximum atomic E-state index is 13.8. The summed E-state index contributed by atoms with van der Waals surface area (Å²) in [5.74, 6) is -0.485. The van der Waals surface area contributed by atoms with Crippen molar-refractivity contribution in [3.05, 3.63) is 23.4 Å². The molecule has 2 N–H and O–H groups in total. The van der Waals surface area contributed by atoms with Gasteiger partial charge in [-0.3, -0.25) is 4.79 Å². The number of nitrogens with zero attached hydrogens (tertiary/aromatic N) is 5. The molecule has 1 aromatic rings. The first-order chi connectivity index (χ1) is 18.6. The number of ether oxygens (including phenoxy) is 3. The fourth-order valence-electron chi connectivity index (χ4n) is 6.73. The number of amides is 1. The second kappa shape index (κ2) is 10.6. The molecule has 0 bridgehead atoms. The first-order valence-corrected chi connectivity index (χ1v) is 14.3. The minimum Gasteiger partial charge on any atom is -0.444 e. The van der Waals surface area contributed by atoms with Crippen LogP contribution in [0, 0.1) is 5.41 Å². The Morgan fingerprint density at radius 2 is 1.77 bits per heavy atom. The average Bonchev–Trinajstić information content (AvgIpc) is 3.28. The standard InChI is InChI=1S/C28H42N6O5/c1-19-17-33(25(36)39-26(2,3)4)13-8-14-34(19)24-31-18-30-23(32-24)21(35)20-9-7-11-27(22(20)29)10-5-6-12-28(27)37-15-16-38-28/h18-19H,5-17,29H2,1-4H3/t19-,27-/m0/s1. The van der Waals surface area contributed by atoms with Gasteiger partial charge in [-0.05, 0) is 66.2 Å². The lowest BCUT2D eigenvalue weighted by molar-refractivity contribution is -0.248. The van der Waals surface area contributed by atoms with E-state index in [9.17, 15) is 9.59 Å². The average molecular weight is 543 g/mol. The van der Waals surface area contributed by atoms with E-state index in [-0.39, 0.29) is 23.7 Å². The van der Waals surface area contributed by atoms with Crippen LogP contribution in [0.4, 0.5) is 10.7 Å². The first kappa shape index (κ1) is 27.8. The molecule has 2 atom stereocenters. The van der Waals surface area contributed by atoms with Crippen LogP contribution in [0.2, 0.25) is 0 Å². The molecule has 5 rings (SSSR count). The van der Waals surface area contributed by atoms with Crippen LogP contribution in [0.25, 0.3) is 0 Å². The molecule has 11 heteroatoms. The third-order valence-corrected chi connectivity index (χ3v) is 8.50. The number of nitrogens with two attached hydrogens (primary N) is 1. The lowest BCUT2D eigenvalue weighted by Crippen LogP contribution is -2.56. The summed E-state index contributed by atoms with van der Waals surface area (Å²) in [5.41, 5.74) is 6.96. The van der Waals surface area contributed by atoms with Crippen LogP contribution in [0.15, 0.2) is 17.6 Å². The van der Waals surface area contributed by atoms with E-state index < -0.39 is 16.8 Å². The number of rotatable bonds is 3. The number of aromatic nitrogens is 3. The summed E-state index contributed by atoms with van der Waals surface area (Å²) in [7, 11) is 0. The second-order valence-electron chi connectivity index (χ2n) is 12.2. The predicted octanol–water partition coefficient (Wildman–Crippen LogP) is 3.59. The van der Waals surface area contributed by atoms with Crippen molar-refractivity contribution in [2.75, 3.05) is 37.7 Å². The van der Waals surface area contributed by atoms with Gasteiger partial charge in [0.15, 0.2) is 5.79 Å². The van der Waals surface area contributed by atoms with Gasteiger partial charge in [-0.25, -0.2) is 14.8 Å². The Morgan fingerprint density at radius 3 is 2.51 bits per heavy atom. The molecule has 1 saturated carbocycles. The molecule has 0 aromatic carbocycles. The Balaban J connectivity index is 1.38. The highest BCUT2D eigenvalue weighted by Crippen LogP contribution is 2.57. The van der Waals surface area contributed by atoms with Gasteiger partial charge in [-0.1, -0.05) is 6.42 Å². The predicted molar refractivity (Wildman–Crippen MR) is 144 cm³/mol. The normalized spacial score (nSPS) is 27.6. The Labute approximate surface area is 230 Å².